The molecular formula is C21H21N3O. The third-order valence-corrected chi connectivity index (χ3v) is 4.74. The van der Waals surface area contributed by atoms with Crippen molar-refractivity contribution in [3.63, 3.8) is 0 Å². The largest absolute Gasteiger partial charge is 0.348 e. The van der Waals surface area contributed by atoms with E-state index in [1.165, 1.54) is 16.7 Å². The Balaban J connectivity index is 1.39. The van der Waals surface area contributed by atoms with Crippen LogP contribution in [0.5, 0.6) is 0 Å². The summed E-state index contributed by atoms with van der Waals surface area (Å²) in [5.74, 6) is -0.0869. The molecule has 1 heterocycles. The van der Waals surface area contributed by atoms with Gasteiger partial charge in [-0.3, -0.25) is 9.48 Å². The Morgan fingerprint density at radius 3 is 2.64 bits per heavy atom. The summed E-state index contributed by atoms with van der Waals surface area (Å²) in [6.07, 6.45) is 4.75. The third kappa shape index (κ3) is 3.63. The molecule has 1 aromatic heterocycles. The molecule has 0 bridgehead atoms. The van der Waals surface area contributed by atoms with Gasteiger partial charge >= 0.3 is 0 Å². The first-order chi connectivity index (χ1) is 12.3. The number of nitrogens with one attached hydrogen (secondary N) is 1. The summed E-state index contributed by atoms with van der Waals surface area (Å²) < 4.78 is 1.81. The number of amides is 1. The minimum atomic E-state index is -0.0869. The highest BCUT2D eigenvalue weighted by molar-refractivity contribution is 5.92. The van der Waals surface area contributed by atoms with Crippen LogP contribution < -0.4 is 5.32 Å². The number of aryl methyl sites for hydroxylation is 1. The maximum atomic E-state index is 12.5. The van der Waals surface area contributed by atoms with E-state index in [1.54, 1.807) is 10.7 Å². The molecule has 1 atom stereocenters. The van der Waals surface area contributed by atoms with Crippen LogP contribution in [0.3, 0.4) is 0 Å². The predicted molar refractivity (Wildman–Crippen MR) is 97.5 cm³/mol. The monoisotopic (exact) mass is 331 g/mol. The molecule has 0 radical (unpaired) electrons. The molecule has 0 aliphatic heterocycles. The topological polar surface area (TPSA) is 46.9 Å². The summed E-state index contributed by atoms with van der Waals surface area (Å²) >= 11 is 0. The Hall–Kier alpha value is -2.88. The van der Waals surface area contributed by atoms with E-state index in [-0.39, 0.29) is 11.9 Å². The second-order valence-electron chi connectivity index (χ2n) is 6.57. The zero-order chi connectivity index (χ0) is 17.1. The van der Waals surface area contributed by atoms with Crippen LogP contribution in [-0.2, 0) is 19.4 Å². The lowest BCUT2D eigenvalue weighted by atomic mass is 9.88. The molecule has 25 heavy (non-hydrogen) atoms. The van der Waals surface area contributed by atoms with Crippen LogP contribution in [0.15, 0.2) is 66.9 Å². The SMILES string of the molecule is O=C(NC1CCc2ccccc2C1)c1ccn(Cc2ccccc2)n1. The van der Waals surface area contributed by atoms with E-state index < -0.39 is 0 Å². The molecule has 1 aliphatic rings. The second kappa shape index (κ2) is 6.93. The van der Waals surface area contributed by atoms with Gasteiger partial charge in [0, 0.05) is 12.2 Å². The molecule has 4 heteroatoms. The molecule has 0 spiro atoms. The van der Waals surface area contributed by atoms with E-state index in [0.717, 1.165) is 19.3 Å². The summed E-state index contributed by atoms with van der Waals surface area (Å²) in [5, 5.41) is 7.56. The van der Waals surface area contributed by atoms with Crippen molar-refractivity contribution >= 4 is 5.91 Å². The molecule has 4 rings (SSSR count). The van der Waals surface area contributed by atoms with Crippen LogP contribution >= 0.6 is 0 Å². The average Bonchev–Trinajstić information content (AvgIpc) is 3.11. The van der Waals surface area contributed by atoms with Crippen molar-refractivity contribution in [2.75, 3.05) is 0 Å². The highest BCUT2D eigenvalue weighted by Gasteiger charge is 2.21. The van der Waals surface area contributed by atoms with Gasteiger partial charge in [-0.2, -0.15) is 5.10 Å². The summed E-state index contributed by atoms with van der Waals surface area (Å²) in [6.45, 7) is 0.672. The fourth-order valence-corrected chi connectivity index (χ4v) is 3.42. The van der Waals surface area contributed by atoms with Crippen LogP contribution in [-0.4, -0.2) is 21.7 Å². The van der Waals surface area contributed by atoms with E-state index in [1.807, 2.05) is 24.4 Å². The predicted octanol–water partition coefficient (Wildman–Crippen LogP) is 3.22. The molecule has 1 amide bonds. The molecular weight excluding hydrogens is 310 g/mol. The summed E-state index contributed by atoms with van der Waals surface area (Å²) in [4.78, 5) is 12.5. The van der Waals surface area contributed by atoms with Gasteiger partial charge in [-0.1, -0.05) is 54.6 Å². The summed E-state index contributed by atoms with van der Waals surface area (Å²) in [7, 11) is 0. The van der Waals surface area contributed by atoms with E-state index in [0.29, 0.717) is 12.2 Å². The van der Waals surface area contributed by atoms with Crippen LogP contribution in [0.2, 0.25) is 0 Å². The molecule has 4 nitrogen and oxygen atoms in total. The highest BCUT2D eigenvalue weighted by Crippen LogP contribution is 2.21. The first kappa shape index (κ1) is 15.6. The summed E-state index contributed by atoms with van der Waals surface area (Å²) in [6, 6.07) is 20.6. The molecule has 1 N–H and O–H groups in total. The van der Waals surface area contributed by atoms with Crippen molar-refractivity contribution in [3.05, 3.63) is 89.2 Å². The number of carbonyl (C=O) groups is 1. The minimum absolute atomic E-state index is 0.0869. The van der Waals surface area contributed by atoms with Gasteiger partial charge in [-0.25, -0.2) is 0 Å². The molecule has 2 aromatic carbocycles. The number of benzene rings is 2. The number of aromatic nitrogens is 2. The van der Waals surface area contributed by atoms with Gasteiger partial charge in [0.25, 0.3) is 5.91 Å². The molecule has 0 saturated carbocycles. The number of hydrogen-bond donors (Lipinski definition) is 1. The number of fused-ring (bicyclic) bond motifs is 1. The Morgan fingerprint density at radius 2 is 1.80 bits per heavy atom. The lowest BCUT2D eigenvalue weighted by molar-refractivity contribution is 0.0928. The molecule has 3 aromatic rings. The Morgan fingerprint density at radius 1 is 1.04 bits per heavy atom. The van der Waals surface area contributed by atoms with Crippen LogP contribution in [0.1, 0.15) is 33.6 Å². The molecule has 0 saturated heterocycles. The summed E-state index contributed by atoms with van der Waals surface area (Å²) in [5.41, 5.74) is 4.39. The lowest BCUT2D eigenvalue weighted by Crippen LogP contribution is -2.39. The van der Waals surface area contributed by atoms with Gasteiger partial charge in [0.1, 0.15) is 5.69 Å². The van der Waals surface area contributed by atoms with Gasteiger partial charge in [0.05, 0.1) is 6.54 Å². The van der Waals surface area contributed by atoms with Crippen molar-refractivity contribution in [2.45, 2.75) is 31.8 Å². The molecule has 1 unspecified atom stereocenters. The smallest absolute Gasteiger partial charge is 0.272 e. The van der Waals surface area contributed by atoms with Crippen molar-refractivity contribution in [3.8, 4) is 0 Å². The van der Waals surface area contributed by atoms with Crippen molar-refractivity contribution < 1.29 is 4.79 Å². The van der Waals surface area contributed by atoms with E-state index in [9.17, 15) is 4.79 Å². The number of hydrogen-bond acceptors (Lipinski definition) is 2. The van der Waals surface area contributed by atoms with Gasteiger partial charge in [-0.05, 0) is 42.0 Å². The third-order valence-electron chi connectivity index (χ3n) is 4.74. The van der Waals surface area contributed by atoms with E-state index in [4.69, 9.17) is 0 Å². The second-order valence-corrected chi connectivity index (χ2v) is 6.57. The fraction of sp³-hybridized carbons (Fsp3) is 0.238. The van der Waals surface area contributed by atoms with Gasteiger partial charge in [0.2, 0.25) is 0 Å². The lowest BCUT2D eigenvalue weighted by Gasteiger charge is -2.25. The van der Waals surface area contributed by atoms with Crippen molar-refractivity contribution in [2.24, 2.45) is 0 Å². The van der Waals surface area contributed by atoms with Crippen molar-refractivity contribution in [1.82, 2.24) is 15.1 Å². The fourth-order valence-electron chi connectivity index (χ4n) is 3.42. The van der Waals surface area contributed by atoms with Crippen LogP contribution in [0, 0.1) is 0 Å². The molecule has 0 fully saturated rings. The molecule has 126 valence electrons. The van der Waals surface area contributed by atoms with Gasteiger partial charge < -0.3 is 5.32 Å². The number of nitrogens with zero attached hydrogens (tertiary/aromatic N) is 2. The Bertz CT molecular complexity index is 870. The highest BCUT2D eigenvalue weighted by atomic mass is 16.2. The van der Waals surface area contributed by atoms with Gasteiger partial charge in [-0.15, -0.1) is 0 Å². The average molecular weight is 331 g/mol. The maximum absolute atomic E-state index is 12.5. The number of carbonyl (C=O) groups excluding carboxylic acids is 1. The maximum Gasteiger partial charge on any atom is 0.272 e. The normalized spacial score (nSPS) is 16.2. The first-order valence-electron chi connectivity index (χ1n) is 8.73. The number of rotatable bonds is 4. The minimum Gasteiger partial charge on any atom is -0.348 e. The zero-order valence-corrected chi connectivity index (χ0v) is 14.1. The van der Waals surface area contributed by atoms with Crippen LogP contribution in [0.25, 0.3) is 0 Å². The zero-order valence-electron chi connectivity index (χ0n) is 14.1. The quantitative estimate of drug-likeness (QED) is 0.798. The Kier molecular flexibility index (Phi) is 4.34. The van der Waals surface area contributed by atoms with Crippen LogP contribution in [0.4, 0.5) is 0 Å². The molecule has 1 aliphatic carbocycles. The van der Waals surface area contributed by atoms with Crippen molar-refractivity contribution in [1.29, 1.82) is 0 Å². The Labute approximate surface area is 147 Å². The standard InChI is InChI=1S/C21H21N3O/c25-21(22-19-11-10-17-8-4-5-9-18(17)14-19)20-12-13-24(23-20)15-16-6-2-1-3-7-16/h1-9,12-13,19H,10-11,14-15H2,(H,22,25). The van der Waals surface area contributed by atoms with Gasteiger partial charge in [0.15, 0.2) is 0 Å². The van der Waals surface area contributed by atoms with E-state index in [2.05, 4.69) is 46.8 Å². The van der Waals surface area contributed by atoms with E-state index >= 15 is 0 Å². The first-order valence-corrected chi connectivity index (χ1v) is 8.73.